The third-order valence-corrected chi connectivity index (χ3v) is 8.34. The molecule has 3 aromatic heterocycles. The van der Waals surface area contributed by atoms with Gasteiger partial charge < -0.3 is 9.88 Å². The Morgan fingerprint density at radius 2 is 1.97 bits per heavy atom. The van der Waals surface area contributed by atoms with Gasteiger partial charge in [-0.15, -0.1) is 0 Å². The van der Waals surface area contributed by atoms with Gasteiger partial charge in [0.05, 0.1) is 6.33 Å². The van der Waals surface area contributed by atoms with E-state index in [-0.39, 0.29) is 33.6 Å². The second kappa shape index (κ2) is 7.65. The van der Waals surface area contributed by atoms with Crippen LogP contribution in [0.2, 0.25) is 5.15 Å². The number of pyridine rings is 2. The second-order valence-electron chi connectivity index (χ2n) is 8.20. The van der Waals surface area contributed by atoms with Gasteiger partial charge in [0.25, 0.3) is 15.9 Å². The number of fused-ring (bicyclic) bond motifs is 1. The number of halogens is 1. The Hall–Kier alpha value is -2.82. The van der Waals surface area contributed by atoms with Crippen LogP contribution in [0.1, 0.15) is 16.2 Å². The molecule has 0 radical (unpaired) electrons. The molecule has 1 aliphatic heterocycles. The molecular weight excluding hydrogens is 452 g/mol. The quantitative estimate of drug-likeness (QED) is 0.544. The van der Waals surface area contributed by atoms with Crippen molar-refractivity contribution in [3.63, 3.8) is 0 Å². The van der Waals surface area contributed by atoms with Crippen molar-refractivity contribution in [2.24, 2.45) is 18.9 Å². The minimum atomic E-state index is -3.66. The number of hydrogen-bond donors (Lipinski definition) is 1. The number of aryl methyl sites for hydroxylation is 1. The van der Waals surface area contributed by atoms with Gasteiger partial charge >= 0.3 is 0 Å². The van der Waals surface area contributed by atoms with Crippen LogP contribution in [0.3, 0.4) is 0 Å². The number of nitrogens with zero attached hydrogens (tertiary/aromatic N) is 5. The van der Waals surface area contributed by atoms with E-state index in [1.54, 1.807) is 36.0 Å². The molecule has 166 valence electrons. The summed E-state index contributed by atoms with van der Waals surface area (Å²) in [5.74, 6) is -0.238. The highest BCUT2D eigenvalue weighted by Gasteiger charge is 2.70. The largest absolute Gasteiger partial charge is 0.350 e. The average molecular weight is 473 g/mol. The molecule has 2 aliphatic rings. The standard InChI is InChI=1S/C21H21ClN6O3S/c1-27-11-19(25-13-27)32(30,31)28-9-14-15(10-28)21(14,17-6-2-3-8-23-17)12-24-20(29)16-5-4-7-18(22)26-16/h2-8,11,13-15H,9-10,12H2,1H3,(H,24,29). The van der Waals surface area contributed by atoms with E-state index in [1.807, 2.05) is 18.2 Å². The zero-order valence-electron chi connectivity index (χ0n) is 17.2. The fourth-order valence-corrected chi connectivity index (χ4v) is 6.39. The Morgan fingerprint density at radius 1 is 1.19 bits per heavy atom. The van der Waals surface area contributed by atoms with Gasteiger partial charge in [-0.25, -0.2) is 18.4 Å². The average Bonchev–Trinajstić information content (AvgIpc) is 3.13. The summed E-state index contributed by atoms with van der Waals surface area (Å²) in [4.78, 5) is 25.3. The summed E-state index contributed by atoms with van der Waals surface area (Å²) >= 11 is 5.91. The summed E-state index contributed by atoms with van der Waals surface area (Å²) in [5.41, 5.74) is 0.661. The molecule has 1 aliphatic carbocycles. The maximum atomic E-state index is 13.0. The topological polar surface area (TPSA) is 110 Å². The summed E-state index contributed by atoms with van der Waals surface area (Å²) in [6.07, 6.45) is 4.69. The van der Waals surface area contributed by atoms with Gasteiger partial charge in [-0.3, -0.25) is 9.78 Å². The number of piperidine rings is 1. The molecule has 9 nitrogen and oxygen atoms in total. The van der Waals surface area contributed by atoms with Crippen LogP contribution < -0.4 is 5.32 Å². The molecule has 1 saturated carbocycles. The highest BCUT2D eigenvalue weighted by Crippen LogP contribution is 2.63. The van der Waals surface area contributed by atoms with E-state index in [0.717, 1.165) is 5.69 Å². The van der Waals surface area contributed by atoms with E-state index in [4.69, 9.17) is 11.6 Å². The van der Waals surface area contributed by atoms with Gasteiger partial charge in [0, 0.05) is 50.2 Å². The monoisotopic (exact) mass is 472 g/mol. The minimum Gasteiger partial charge on any atom is -0.350 e. The van der Waals surface area contributed by atoms with Gasteiger partial charge in [0.15, 0.2) is 5.03 Å². The molecule has 1 N–H and O–H groups in total. The van der Waals surface area contributed by atoms with Crippen molar-refractivity contribution in [1.29, 1.82) is 0 Å². The van der Waals surface area contributed by atoms with Crippen molar-refractivity contribution in [3.05, 3.63) is 71.7 Å². The summed E-state index contributed by atoms with van der Waals surface area (Å²) in [6, 6.07) is 10.5. The number of amides is 1. The molecule has 1 amide bonds. The first-order chi connectivity index (χ1) is 15.3. The molecule has 4 heterocycles. The lowest BCUT2D eigenvalue weighted by molar-refractivity contribution is 0.0942. The smallest absolute Gasteiger partial charge is 0.269 e. The van der Waals surface area contributed by atoms with Crippen LogP contribution in [0, 0.1) is 11.8 Å². The van der Waals surface area contributed by atoms with E-state index < -0.39 is 15.4 Å². The van der Waals surface area contributed by atoms with Crippen LogP contribution in [0.4, 0.5) is 0 Å². The fourth-order valence-electron chi connectivity index (χ4n) is 4.77. The lowest BCUT2D eigenvalue weighted by Gasteiger charge is -2.26. The van der Waals surface area contributed by atoms with Gasteiger partial charge in [-0.05, 0) is 36.1 Å². The maximum absolute atomic E-state index is 13.0. The summed E-state index contributed by atoms with van der Waals surface area (Å²) in [7, 11) is -1.93. The first-order valence-electron chi connectivity index (χ1n) is 10.1. The van der Waals surface area contributed by atoms with Crippen molar-refractivity contribution < 1.29 is 13.2 Å². The molecule has 32 heavy (non-hydrogen) atoms. The highest BCUT2D eigenvalue weighted by atomic mass is 35.5. The summed E-state index contributed by atoms with van der Waals surface area (Å²) in [6.45, 7) is 1.04. The number of carbonyl (C=O) groups is 1. The van der Waals surface area contributed by atoms with Crippen molar-refractivity contribution in [2.45, 2.75) is 10.4 Å². The van der Waals surface area contributed by atoms with Crippen LogP contribution in [0.5, 0.6) is 0 Å². The lowest BCUT2D eigenvalue weighted by Crippen LogP contribution is -2.41. The normalized spacial score (nSPS) is 24.8. The molecule has 2 atom stereocenters. The molecule has 11 heteroatoms. The fraction of sp³-hybridized carbons (Fsp3) is 0.333. The molecule has 0 aromatic carbocycles. The zero-order valence-corrected chi connectivity index (χ0v) is 18.8. The third kappa shape index (κ3) is 3.39. The maximum Gasteiger partial charge on any atom is 0.269 e. The Bertz CT molecular complexity index is 1270. The van der Waals surface area contributed by atoms with Crippen LogP contribution in [0.15, 0.2) is 60.1 Å². The number of carbonyl (C=O) groups excluding carboxylic acids is 1. The molecule has 2 unspecified atom stereocenters. The zero-order chi connectivity index (χ0) is 22.5. The highest BCUT2D eigenvalue weighted by molar-refractivity contribution is 7.89. The van der Waals surface area contributed by atoms with Crippen LogP contribution in [-0.2, 0) is 22.5 Å². The number of imidazole rings is 1. The van der Waals surface area contributed by atoms with E-state index >= 15 is 0 Å². The van der Waals surface area contributed by atoms with E-state index in [9.17, 15) is 13.2 Å². The van der Waals surface area contributed by atoms with Crippen LogP contribution >= 0.6 is 11.6 Å². The Kier molecular flexibility index (Phi) is 5.03. The molecular formula is C21H21ClN6O3S. The Balaban J connectivity index is 1.36. The first kappa shape index (κ1) is 21.0. The summed E-state index contributed by atoms with van der Waals surface area (Å²) < 4.78 is 29.1. The second-order valence-corrected chi connectivity index (χ2v) is 10.5. The first-order valence-corrected chi connectivity index (χ1v) is 11.9. The van der Waals surface area contributed by atoms with Crippen LogP contribution in [-0.4, -0.2) is 57.8 Å². The Labute approximate surface area is 190 Å². The van der Waals surface area contributed by atoms with Gasteiger partial charge in [-0.2, -0.15) is 4.31 Å². The number of nitrogens with one attached hydrogen (secondary N) is 1. The predicted octanol–water partition coefficient (Wildman–Crippen LogP) is 1.48. The lowest BCUT2D eigenvalue weighted by atomic mass is 9.94. The van der Waals surface area contributed by atoms with Crippen molar-refractivity contribution in [2.75, 3.05) is 19.6 Å². The number of hydrogen-bond acceptors (Lipinski definition) is 6. The molecule has 0 bridgehead atoms. The SMILES string of the molecule is Cn1cnc(S(=O)(=O)N2CC3C(C2)C3(CNC(=O)c2cccc(Cl)n2)c2ccccn2)c1. The molecule has 3 aromatic rings. The minimum absolute atomic E-state index is 0.0449. The number of rotatable bonds is 6. The van der Waals surface area contributed by atoms with Gasteiger partial charge in [0.2, 0.25) is 0 Å². The van der Waals surface area contributed by atoms with E-state index in [0.29, 0.717) is 19.6 Å². The number of aromatic nitrogens is 4. The molecule has 1 saturated heterocycles. The third-order valence-electron chi connectivity index (χ3n) is 6.42. The van der Waals surface area contributed by atoms with Crippen molar-refractivity contribution >= 4 is 27.5 Å². The molecule has 2 fully saturated rings. The van der Waals surface area contributed by atoms with Crippen molar-refractivity contribution in [1.82, 2.24) is 29.1 Å². The molecule has 5 rings (SSSR count). The van der Waals surface area contributed by atoms with Gasteiger partial charge in [0.1, 0.15) is 10.8 Å². The van der Waals surface area contributed by atoms with Gasteiger partial charge in [-0.1, -0.05) is 23.7 Å². The molecule has 0 spiro atoms. The summed E-state index contributed by atoms with van der Waals surface area (Å²) in [5, 5.41) is 3.25. The van der Waals surface area contributed by atoms with E-state index in [2.05, 4.69) is 20.3 Å². The van der Waals surface area contributed by atoms with E-state index in [1.165, 1.54) is 16.8 Å². The van der Waals surface area contributed by atoms with Crippen molar-refractivity contribution in [3.8, 4) is 0 Å². The predicted molar refractivity (Wildman–Crippen MR) is 116 cm³/mol. The van der Waals surface area contributed by atoms with Crippen LogP contribution in [0.25, 0.3) is 0 Å². The Morgan fingerprint density at radius 3 is 2.59 bits per heavy atom. The number of sulfonamides is 1.